The van der Waals surface area contributed by atoms with Gasteiger partial charge in [0.25, 0.3) is 0 Å². The van der Waals surface area contributed by atoms with Crippen LogP contribution in [0.3, 0.4) is 0 Å². The molecule has 0 unspecified atom stereocenters. The lowest BCUT2D eigenvalue weighted by molar-refractivity contribution is -0.116. The van der Waals surface area contributed by atoms with Gasteiger partial charge >= 0.3 is 0 Å². The van der Waals surface area contributed by atoms with Crippen LogP contribution >= 0.6 is 0 Å². The highest BCUT2D eigenvalue weighted by atomic mass is 16.2. The molecule has 25 heavy (non-hydrogen) atoms. The molecule has 4 nitrogen and oxygen atoms in total. The first-order chi connectivity index (χ1) is 12.0. The molecular formula is C21H22N2O2. The van der Waals surface area contributed by atoms with Crippen molar-refractivity contribution < 1.29 is 9.59 Å². The Kier molecular flexibility index (Phi) is 4.70. The summed E-state index contributed by atoms with van der Waals surface area (Å²) in [5, 5.41) is 3.84. The first-order valence-electron chi connectivity index (χ1n) is 8.47. The van der Waals surface area contributed by atoms with Crippen LogP contribution in [0.5, 0.6) is 0 Å². The number of rotatable bonds is 5. The van der Waals surface area contributed by atoms with E-state index in [2.05, 4.69) is 12.2 Å². The Morgan fingerprint density at radius 2 is 1.88 bits per heavy atom. The second-order valence-electron chi connectivity index (χ2n) is 6.31. The summed E-state index contributed by atoms with van der Waals surface area (Å²) in [6, 6.07) is 13.7. The smallest absolute Gasteiger partial charge is 0.244 e. The summed E-state index contributed by atoms with van der Waals surface area (Å²) < 4.78 is 1.88. The topological polar surface area (TPSA) is 51.1 Å². The zero-order valence-electron chi connectivity index (χ0n) is 14.8. The van der Waals surface area contributed by atoms with E-state index in [0.717, 1.165) is 34.1 Å². The second-order valence-corrected chi connectivity index (χ2v) is 6.31. The molecule has 1 aromatic heterocycles. The maximum Gasteiger partial charge on any atom is 0.244 e. The van der Waals surface area contributed by atoms with Gasteiger partial charge in [0, 0.05) is 22.8 Å². The molecule has 0 aliphatic heterocycles. The fourth-order valence-corrected chi connectivity index (χ4v) is 3.21. The van der Waals surface area contributed by atoms with Crippen LogP contribution in [0.25, 0.3) is 10.9 Å². The number of ketones is 1. The van der Waals surface area contributed by atoms with Crippen LogP contribution in [-0.2, 0) is 17.8 Å². The minimum atomic E-state index is -0.108. The summed E-state index contributed by atoms with van der Waals surface area (Å²) in [5.74, 6) is -0.0976. The normalized spacial score (nSPS) is 10.8. The number of hydrogen-bond donors (Lipinski definition) is 1. The van der Waals surface area contributed by atoms with E-state index in [-0.39, 0.29) is 18.2 Å². The standard InChI is InChI=1S/C21H22N2O2/c1-4-16-8-6-10-18-19(15(3)24)12-23(21(16)18)13-20(25)22-17-9-5-7-14(2)11-17/h5-12H,4,13H2,1-3H3,(H,22,25). The maximum absolute atomic E-state index is 12.5. The van der Waals surface area contributed by atoms with Crippen LogP contribution in [0, 0.1) is 6.92 Å². The predicted octanol–water partition coefficient (Wildman–Crippen LogP) is 4.35. The largest absolute Gasteiger partial charge is 0.337 e. The van der Waals surface area contributed by atoms with Crippen molar-refractivity contribution in [2.24, 2.45) is 0 Å². The summed E-state index contributed by atoms with van der Waals surface area (Å²) in [7, 11) is 0. The SMILES string of the molecule is CCc1cccc2c(C(C)=O)cn(CC(=O)Nc3cccc(C)c3)c12. The van der Waals surface area contributed by atoms with Crippen LogP contribution < -0.4 is 5.32 Å². The number of fused-ring (bicyclic) bond motifs is 1. The average Bonchev–Trinajstić information content (AvgIpc) is 2.93. The van der Waals surface area contributed by atoms with E-state index in [1.165, 1.54) is 0 Å². The van der Waals surface area contributed by atoms with Gasteiger partial charge in [-0.1, -0.05) is 37.3 Å². The number of hydrogen-bond acceptors (Lipinski definition) is 2. The van der Waals surface area contributed by atoms with Gasteiger partial charge < -0.3 is 9.88 Å². The van der Waals surface area contributed by atoms with Crippen molar-refractivity contribution in [1.82, 2.24) is 4.57 Å². The van der Waals surface area contributed by atoms with E-state index in [0.29, 0.717) is 5.56 Å². The monoisotopic (exact) mass is 334 g/mol. The van der Waals surface area contributed by atoms with Crippen molar-refractivity contribution in [1.29, 1.82) is 0 Å². The number of benzene rings is 2. The number of nitrogens with zero attached hydrogens (tertiary/aromatic N) is 1. The molecule has 0 saturated carbocycles. The molecule has 0 saturated heterocycles. The highest BCUT2D eigenvalue weighted by Crippen LogP contribution is 2.26. The predicted molar refractivity (Wildman–Crippen MR) is 101 cm³/mol. The first kappa shape index (κ1) is 17.0. The summed E-state index contributed by atoms with van der Waals surface area (Å²) in [6.45, 7) is 5.80. The molecule has 2 aromatic carbocycles. The van der Waals surface area contributed by atoms with E-state index in [9.17, 15) is 9.59 Å². The minimum Gasteiger partial charge on any atom is -0.337 e. The Hall–Kier alpha value is -2.88. The number of carbonyl (C=O) groups is 2. The third-order valence-corrected chi connectivity index (χ3v) is 4.36. The van der Waals surface area contributed by atoms with Crippen LogP contribution in [0.4, 0.5) is 5.69 Å². The zero-order chi connectivity index (χ0) is 18.0. The summed E-state index contributed by atoms with van der Waals surface area (Å²) in [4.78, 5) is 24.5. The Balaban J connectivity index is 1.95. The van der Waals surface area contributed by atoms with E-state index in [4.69, 9.17) is 0 Å². The highest BCUT2D eigenvalue weighted by Gasteiger charge is 2.16. The van der Waals surface area contributed by atoms with Gasteiger partial charge in [-0.2, -0.15) is 0 Å². The minimum absolute atomic E-state index is 0.0103. The van der Waals surface area contributed by atoms with E-state index >= 15 is 0 Å². The van der Waals surface area contributed by atoms with Crippen LogP contribution in [0.15, 0.2) is 48.7 Å². The van der Waals surface area contributed by atoms with Crippen molar-refractivity contribution >= 4 is 28.3 Å². The Bertz CT molecular complexity index is 954. The lowest BCUT2D eigenvalue weighted by Crippen LogP contribution is -2.18. The van der Waals surface area contributed by atoms with E-state index < -0.39 is 0 Å². The molecule has 0 aliphatic carbocycles. The first-order valence-corrected chi connectivity index (χ1v) is 8.47. The lowest BCUT2D eigenvalue weighted by Gasteiger charge is -2.10. The quantitative estimate of drug-likeness (QED) is 0.705. The molecular weight excluding hydrogens is 312 g/mol. The Labute approximate surface area is 147 Å². The van der Waals surface area contributed by atoms with Crippen LogP contribution in [0.1, 0.15) is 35.3 Å². The third kappa shape index (κ3) is 3.48. The number of aryl methyl sites for hydroxylation is 2. The average molecular weight is 334 g/mol. The van der Waals surface area contributed by atoms with Crippen molar-refractivity contribution in [3.05, 3.63) is 65.4 Å². The van der Waals surface area contributed by atoms with Gasteiger partial charge in [-0.3, -0.25) is 9.59 Å². The molecule has 1 N–H and O–H groups in total. The molecule has 128 valence electrons. The van der Waals surface area contributed by atoms with Gasteiger partial charge in [-0.15, -0.1) is 0 Å². The number of carbonyl (C=O) groups excluding carboxylic acids is 2. The highest BCUT2D eigenvalue weighted by molar-refractivity contribution is 6.08. The van der Waals surface area contributed by atoms with Gasteiger partial charge in [0.15, 0.2) is 5.78 Å². The van der Waals surface area contributed by atoms with Crippen molar-refractivity contribution in [3.63, 3.8) is 0 Å². The number of nitrogens with one attached hydrogen (secondary N) is 1. The fraction of sp³-hybridized carbons (Fsp3) is 0.238. The molecule has 3 aromatic rings. The summed E-state index contributed by atoms with van der Waals surface area (Å²) in [6.07, 6.45) is 2.64. The van der Waals surface area contributed by atoms with Gasteiger partial charge in [-0.05, 0) is 43.5 Å². The Morgan fingerprint density at radius 1 is 1.12 bits per heavy atom. The molecule has 1 amide bonds. The molecule has 0 bridgehead atoms. The zero-order valence-corrected chi connectivity index (χ0v) is 14.8. The maximum atomic E-state index is 12.5. The molecule has 0 aliphatic rings. The molecule has 1 heterocycles. The van der Waals surface area contributed by atoms with Crippen LogP contribution in [-0.4, -0.2) is 16.3 Å². The number of para-hydroxylation sites is 1. The van der Waals surface area contributed by atoms with Crippen molar-refractivity contribution in [2.75, 3.05) is 5.32 Å². The van der Waals surface area contributed by atoms with Gasteiger partial charge in [0.05, 0.1) is 5.52 Å². The number of amides is 1. The molecule has 4 heteroatoms. The summed E-state index contributed by atoms with van der Waals surface area (Å²) in [5.41, 5.74) is 4.64. The molecule has 0 fully saturated rings. The number of Topliss-reactive ketones (excluding diaryl/α,β-unsaturated/α-hetero) is 1. The lowest BCUT2D eigenvalue weighted by atomic mass is 10.1. The van der Waals surface area contributed by atoms with Gasteiger partial charge in [0.2, 0.25) is 5.91 Å². The van der Waals surface area contributed by atoms with Crippen molar-refractivity contribution in [3.8, 4) is 0 Å². The van der Waals surface area contributed by atoms with Gasteiger partial charge in [-0.25, -0.2) is 0 Å². The van der Waals surface area contributed by atoms with Crippen LogP contribution in [0.2, 0.25) is 0 Å². The molecule has 3 rings (SSSR count). The number of aromatic nitrogens is 1. The summed E-state index contributed by atoms with van der Waals surface area (Å²) >= 11 is 0. The molecule has 0 spiro atoms. The number of anilines is 1. The molecule has 0 atom stereocenters. The van der Waals surface area contributed by atoms with Gasteiger partial charge in [0.1, 0.15) is 6.54 Å². The molecule has 0 radical (unpaired) electrons. The van der Waals surface area contributed by atoms with E-state index in [1.807, 2.05) is 54.0 Å². The third-order valence-electron chi connectivity index (χ3n) is 4.36. The Morgan fingerprint density at radius 3 is 2.56 bits per heavy atom. The van der Waals surface area contributed by atoms with E-state index in [1.54, 1.807) is 13.1 Å². The van der Waals surface area contributed by atoms with Crippen molar-refractivity contribution in [2.45, 2.75) is 33.7 Å². The second kappa shape index (κ2) is 6.93. The fourth-order valence-electron chi connectivity index (χ4n) is 3.21.